The van der Waals surface area contributed by atoms with Gasteiger partial charge in [-0.3, -0.25) is 4.79 Å². The minimum Gasteiger partial charge on any atom is -0.356 e. The summed E-state index contributed by atoms with van der Waals surface area (Å²) in [6.45, 7) is 0.713. The SMILES string of the molecule is O=C(CCSc1ccc(Cl)cc1)NCCc1cccs1. The van der Waals surface area contributed by atoms with E-state index in [2.05, 4.69) is 16.8 Å². The van der Waals surface area contributed by atoms with Gasteiger partial charge in [-0.2, -0.15) is 0 Å². The smallest absolute Gasteiger partial charge is 0.220 e. The molecule has 106 valence electrons. The molecule has 20 heavy (non-hydrogen) atoms. The maximum Gasteiger partial charge on any atom is 0.220 e. The lowest BCUT2D eigenvalue weighted by Gasteiger charge is -2.04. The van der Waals surface area contributed by atoms with Crippen LogP contribution in [0.25, 0.3) is 0 Å². The Morgan fingerprint density at radius 2 is 2.05 bits per heavy atom. The number of rotatable bonds is 7. The first-order valence-corrected chi connectivity index (χ1v) is 8.66. The average Bonchev–Trinajstić information content (AvgIpc) is 2.94. The molecule has 0 atom stereocenters. The second kappa shape index (κ2) is 8.35. The van der Waals surface area contributed by atoms with Gasteiger partial charge in [0.2, 0.25) is 5.91 Å². The van der Waals surface area contributed by atoms with E-state index >= 15 is 0 Å². The third-order valence-electron chi connectivity index (χ3n) is 2.69. The molecule has 1 aromatic heterocycles. The molecular formula is C15H16ClNOS2. The first kappa shape index (κ1) is 15.4. The third-order valence-corrected chi connectivity index (χ3v) is 4.89. The molecule has 0 spiro atoms. The Morgan fingerprint density at radius 3 is 2.75 bits per heavy atom. The number of carbonyl (C=O) groups is 1. The molecule has 5 heteroatoms. The first-order valence-electron chi connectivity index (χ1n) is 6.41. The molecule has 0 radical (unpaired) electrons. The lowest BCUT2D eigenvalue weighted by molar-refractivity contribution is -0.120. The molecule has 0 saturated carbocycles. The van der Waals surface area contributed by atoms with Crippen molar-refractivity contribution in [2.24, 2.45) is 0 Å². The topological polar surface area (TPSA) is 29.1 Å². The average molecular weight is 326 g/mol. The Kier molecular flexibility index (Phi) is 6.43. The van der Waals surface area contributed by atoms with Gasteiger partial charge in [-0.05, 0) is 42.1 Å². The zero-order valence-corrected chi connectivity index (χ0v) is 13.4. The summed E-state index contributed by atoms with van der Waals surface area (Å²) < 4.78 is 0. The fraction of sp³-hybridized carbons (Fsp3) is 0.267. The number of nitrogens with one attached hydrogen (secondary N) is 1. The predicted octanol–water partition coefficient (Wildman–Crippen LogP) is 4.24. The lowest BCUT2D eigenvalue weighted by Crippen LogP contribution is -2.25. The summed E-state index contributed by atoms with van der Waals surface area (Å²) in [7, 11) is 0. The van der Waals surface area contributed by atoms with E-state index in [1.807, 2.05) is 30.3 Å². The Morgan fingerprint density at radius 1 is 1.25 bits per heavy atom. The zero-order chi connectivity index (χ0) is 14.2. The van der Waals surface area contributed by atoms with Gasteiger partial charge >= 0.3 is 0 Å². The number of thiophene rings is 1. The van der Waals surface area contributed by atoms with Crippen LogP contribution < -0.4 is 5.32 Å². The maximum atomic E-state index is 11.7. The number of hydrogen-bond donors (Lipinski definition) is 1. The second-order valence-corrected chi connectivity index (χ2v) is 6.87. The van der Waals surface area contributed by atoms with Crippen molar-refractivity contribution in [2.75, 3.05) is 12.3 Å². The van der Waals surface area contributed by atoms with Gasteiger partial charge in [0, 0.05) is 33.5 Å². The molecule has 1 amide bonds. The Labute approximate surface area is 132 Å². The Bertz CT molecular complexity index is 525. The normalized spacial score (nSPS) is 10.4. The molecule has 1 aromatic carbocycles. The van der Waals surface area contributed by atoms with E-state index in [9.17, 15) is 4.79 Å². The molecule has 2 aromatic rings. The summed E-state index contributed by atoms with van der Waals surface area (Å²) >= 11 is 9.22. The fourth-order valence-electron chi connectivity index (χ4n) is 1.66. The summed E-state index contributed by atoms with van der Waals surface area (Å²) in [5.41, 5.74) is 0. The predicted molar refractivity (Wildman–Crippen MR) is 87.8 cm³/mol. The summed E-state index contributed by atoms with van der Waals surface area (Å²) in [5, 5.41) is 5.74. The fourth-order valence-corrected chi connectivity index (χ4v) is 3.35. The van der Waals surface area contributed by atoms with Crippen LogP contribution in [-0.4, -0.2) is 18.2 Å². The molecule has 0 unspecified atom stereocenters. The molecule has 0 aliphatic carbocycles. The number of halogens is 1. The third kappa shape index (κ3) is 5.57. The van der Waals surface area contributed by atoms with Crippen molar-refractivity contribution in [3.05, 3.63) is 51.7 Å². The molecule has 2 rings (SSSR count). The first-order chi connectivity index (χ1) is 9.74. The van der Waals surface area contributed by atoms with Crippen LogP contribution in [0.3, 0.4) is 0 Å². The molecule has 0 bridgehead atoms. The molecule has 0 saturated heterocycles. The van der Waals surface area contributed by atoms with Crippen LogP contribution >= 0.6 is 34.7 Å². The molecule has 0 aliphatic heterocycles. The van der Waals surface area contributed by atoms with Crippen LogP contribution in [0.2, 0.25) is 5.02 Å². The van der Waals surface area contributed by atoms with Crippen LogP contribution in [0.5, 0.6) is 0 Å². The lowest BCUT2D eigenvalue weighted by atomic mass is 10.3. The molecule has 2 nitrogen and oxygen atoms in total. The van der Waals surface area contributed by atoms with Gasteiger partial charge in [0.05, 0.1) is 0 Å². The van der Waals surface area contributed by atoms with Crippen LogP contribution in [0.4, 0.5) is 0 Å². The van der Waals surface area contributed by atoms with Gasteiger partial charge < -0.3 is 5.32 Å². The van der Waals surface area contributed by atoms with Gasteiger partial charge in [-0.25, -0.2) is 0 Å². The highest BCUT2D eigenvalue weighted by molar-refractivity contribution is 7.99. The highest BCUT2D eigenvalue weighted by atomic mass is 35.5. The zero-order valence-electron chi connectivity index (χ0n) is 11.0. The van der Waals surface area contributed by atoms with Crippen molar-refractivity contribution in [2.45, 2.75) is 17.7 Å². The van der Waals surface area contributed by atoms with Crippen molar-refractivity contribution < 1.29 is 4.79 Å². The van der Waals surface area contributed by atoms with Crippen molar-refractivity contribution in [3.8, 4) is 0 Å². The van der Waals surface area contributed by atoms with Crippen LogP contribution in [0.15, 0.2) is 46.7 Å². The number of carbonyl (C=O) groups excluding carboxylic acids is 1. The molecular weight excluding hydrogens is 310 g/mol. The van der Waals surface area contributed by atoms with Gasteiger partial charge in [-0.15, -0.1) is 23.1 Å². The van der Waals surface area contributed by atoms with E-state index in [0.29, 0.717) is 13.0 Å². The summed E-state index contributed by atoms with van der Waals surface area (Å²) in [6.07, 6.45) is 1.45. The van der Waals surface area contributed by atoms with E-state index in [1.54, 1.807) is 23.1 Å². The van der Waals surface area contributed by atoms with E-state index in [1.165, 1.54) is 4.88 Å². The van der Waals surface area contributed by atoms with Crippen LogP contribution in [0.1, 0.15) is 11.3 Å². The van der Waals surface area contributed by atoms with Gasteiger partial charge in [-0.1, -0.05) is 17.7 Å². The monoisotopic (exact) mass is 325 g/mol. The van der Waals surface area contributed by atoms with E-state index < -0.39 is 0 Å². The summed E-state index contributed by atoms with van der Waals surface area (Å²) in [6, 6.07) is 11.8. The minimum absolute atomic E-state index is 0.114. The second-order valence-electron chi connectivity index (χ2n) is 4.23. The maximum absolute atomic E-state index is 11.7. The quantitative estimate of drug-likeness (QED) is 0.771. The highest BCUT2D eigenvalue weighted by Crippen LogP contribution is 2.20. The largest absolute Gasteiger partial charge is 0.356 e. The molecule has 0 fully saturated rings. The number of benzene rings is 1. The van der Waals surface area contributed by atoms with E-state index in [4.69, 9.17) is 11.6 Å². The van der Waals surface area contributed by atoms with Crippen molar-refractivity contribution in [1.82, 2.24) is 5.32 Å². The molecule has 1 heterocycles. The summed E-state index contributed by atoms with van der Waals surface area (Å²) in [4.78, 5) is 14.1. The number of amides is 1. The van der Waals surface area contributed by atoms with E-state index in [-0.39, 0.29) is 5.91 Å². The number of thioether (sulfide) groups is 1. The van der Waals surface area contributed by atoms with Crippen LogP contribution in [-0.2, 0) is 11.2 Å². The Hall–Kier alpha value is -0.970. The standard InChI is InChI=1S/C15H16ClNOS2/c16-12-3-5-14(6-4-12)20-11-8-15(18)17-9-7-13-2-1-10-19-13/h1-6,10H,7-9,11H2,(H,17,18). The van der Waals surface area contributed by atoms with Crippen molar-refractivity contribution >= 4 is 40.6 Å². The van der Waals surface area contributed by atoms with Gasteiger partial charge in [0.1, 0.15) is 0 Å². The van der Waals surface area contributed by atoms with Crippen molar-refractivity contribution in [1.29, 1.82) is 0 Å². The molecule has 0 aliphatic rings. The molecule has 1 N–H and O–H groups in total. The number of hydrogen-bond acceptors (Lipinski definition) is 3. The van der Waals surface area contributed by atoms with Crippen molar-refractivity contribution in [3.63, 3.8) is 0 Å². The van der Waals surface area contributed by atoms with E-state index in [0.717, 1.165) is 22.1 Å². The Balaban J connectivity index is 1.59. The van der Waals surface area contributed by atoms with Gasteiger partial charge in [0.25, 0.3) is 0 Å². The summed E-state index contributed by atoms with van der Waals surface area (Å²) in [5.74, 6) is 0.898. The van der Waals surface area contributed by atoms with Gasteiger partial charge in [0.15, 0.2) is 0 Å². The minimum atomic E-state index is 0.114. The van der Waals surface area contributed by atoms with Crippen LogP contribution in [0, 0.1) is 0 Å². The highest BCUT2D eigenvalue weighted by Gasteiger charge is 2.02.